The lowest BCUT2D eigenvalue weighted by atomic mass is 9.99. The van der Waals surface area contributed by atoms with Gasteiger partial charge in [0.1, 0.15) is 0 Å². The lowest BCUT2D eigenvalue weighted by Crippen LogP contribution is -2.57. The van der Waals surface area contributed by atoms with Crippen LogP contribution >= 0.6 is 0 Å². The zero-order chi connectivity index (χ0) is 13.7. The van der Waals surface area contributed by atoms with E-state index in [1.54, 1.807) is 13.8 Å². The third-order valence-electron chi connectivity index (χ3n) is 2.78. The number of likely N-dealkylation sites (N-methyl/N-ethyl adjacent to an activating group) is 1. The molecule has 102 valence electrons. The highest BCUT2D eigenvalue weighted by molar-refractivity contribution is 7.87. The Hall–Kier alpha value is -0.860. The minimum Gasteiger partial charge on any atom is -0.452 e. The molecular formula is C9H21N3O4S. The Bertz CT molecular complexity index is 351. The maximum atomic E-state index is 12.0. The Morgan fingerprint density at radius 2 is 2.00 bits per heavy atom. The predicted molar refractivity (Wildman–Crippen MR) is 64.6 cm³/mol. The van der Waals surface area contributed by atoms with Crippen LogP contribution in [-0.2, 0) is 14.9 Å². The third-order valence-corrected chi connectivity index (χ3v) is 4.48. The molecule has 0 heterocycles. The number of carbonyl (C=O) groups is 1. The second kappa shape index (κ2) is 6.18. The van der Waals surface area contributed by atoms with Crippen molar-refractivity contribution in [3.8, 4) is 0 Å². The number of carbonyl (C=O) groups excluding carboxylic acids is 1. The average Bonchev–Trinajstić information content (AvgIpc) is 2.28. The first-order valence-corrected chi connectivity index (χ1v) is 6.80. The van der Waals surface area contributed by atoms with Gasteiger partial charge in [0.25, 0.3) is 0 Å². The van der Waals surface area contributed by atoms with E-state index in [9.17, 15) is 13.2 Å². The van der Waals surface area contributed by atoms with E-state index in [4.69, 9.17) is 5.73 Å². The number of hydrogen-bond acceptors (Lipinski definition) is 5. The molecule has 0 spiro atoms. The summed E-state index contributed by atoms with van der Waals surface area (Å²) in [7, 11) is -2.84. The van der Waals surface area contributed by atoms with Gasteiger partial charge in [0.05, 0.1) is 7.11 Å². The minimum absolute atomic E-state index is 0.166. The normalized spacial score (nSPS) is 15.4. The zero-order valence-corrected chi connectivity index (χ0v) is 11.5. The van der Waals surface area contributed by atoms with Gasteiger partial charge < -0.3 is 10.5 Å². The largest absolute Gasteiger partial charge is 0.452 e. The Labute approximate surface area is 102 Å². The van der Waals surface area contributed by atoms with Gasteiger partial charge in [-0.2, -0.15) is 12.7 Å². The van der Waals surface area contributed by atoms with Gasteiger partial charge in [0.15, 0.2) is 0 Å². The fourth-order valence-corrected chi connectivity index (χ4v) is 2.99. The number of nitrogens with zero attached hydrogens (tertiary/aromatic N) is 1. The van der Waals surface area contributed by atoms with E-state index in [-0.39, 0.29) is 13.1 Å². The summed E-state index contributed by atoms with van der Waals surface area (Å²) in [5, 5.41) is 0. The molecule has 0 aliphatic heterocycles. The van der Waals surface area contributed by atoms with Gasteiger partial charge in [0.2, 0.25) is 0 Å². The van der Waals surface area contributed by atoms with Gasteiger partial charge in [0, 0.05) is 18.6 Å². The van der Waals surface area contributed by atoms with Crippen LogP contribution in [0.1, 0.15) is 27.2 Å². The maximum absolute atomic E-state index is 12.0. The molecule has 0 saturated heterocycles. The van der Waals surface area contributed by atoms with Gasteiger partial charge in [-0.15, -0.1) is 0 Å². The smallest absolute Gasteiger partial charge is 0.421 e. The Morgan fingerprint density at radius 3 is 2.29 bits per heavy atom. The highest BCUT2D eigenvalue weighted by Gasteiger charge is 2.37. The van der Waals surface area contributed by atoms with Crippen LogP contribution in [0.2, 0.25) is 0 Å². The van der Waals surface area contributed by atoms with Crippen molar-refractivity contribution in [2.45, 2.75) is 32.7 Å². The summed E-state index contributed by atoms with van der Waals surface area (Å²) in [6.45, 7) is 5.63. The number of amides is 1. The van der Waals surface area contributed by atoms with Crippen LogP contribution in [0.4, 0.5) is 4.79 Å². The average molecular weight is 267 g/mol. The summed E-state index contributed by atoms with van der Waals surface area (Å²) < 4.78 is 31.2. The molecule has 0 saturated carbocycles. The molecular weight excluding hydrogens is 246 g/mol. The first-order valence-electron chi connectivity index (χ1n) is 5.36. The van der Waals surface area contributed by atoms with E-state index in [1.165, 1.54) is 0 Å². The van der Waals surface area contributed by atoms with Gasteiger partial charge >= 0.3 is 16.3 Å². The molecule has 0 aromatic heterocycles. The van der Waals surface area contributed by atoms with E-state index < -0.39 is 21.8 Å². The fraction of sp³-hybridized carbons (Fsp3) is 0.889. The van der Waals surface area contributed by atoms with Crippen LogP contribution < -0.4 is 10.5 Å². The number of hydrogen-bond donors (Lipinski definition) is 2. The molecule has 0 fully saturated rings. The van der Waals surface area contributed by atoms with Crippen LogP contribution in [0.5, 0.6) is 0 Å². The second-order valence-electron chi connectivity index (χ2n) is 3.82. The molecule has 1 unspecified atom stereocenters. The highest BCUT2D eigenvalue weighted by Crippen LogP contribution is 2.20. The lowest BCUT2D eigenvalue weighted by molar-refractivity contribution is 0.173. The van der Waals surface area contributed by atoms with E-state index in [2.05, 4.69) is 4.74 Å². The standard InChI is InChI=1S/C9H21N3O4S/c1-5-9(3,7-10)12(6-2)17(14,15)11-8(13)16-4/h5-7,10H2,1-4H3,(H,11,13). The minimum atomic E-state index is -3.94. The summed E-state index contributed by atoms with van der Waals surface area (Å²) >= 11 is 0. The molecule has 0 aliphatic carbocycles. The number of methoxy groups -OCH3 is 1. The zero-order valence-electron chi connectivity index (χ0n) is 10.7. The highest BCUT2D eigenvalue weighted by atomic mass is 32.2. The Balaban J connectivity index is 5.18. The molecule has 1 amide bonds. The molecule has 0 radical (unpaired) electrons. The number of ether oxygens (including phenoxy) is 1. The SMILES string of the molecule is CCN(C(C)(CC)CN)S(=O)(=O)NC(=O)OC. The molecule has 3 N–H and O–H groups in total. The summed E-state index contributed by atoms with van der Waals surface area (Å²) in [5.41, 5.74) is 4.88. The summed E-state index contributed by atoms with van der Waals surface area (Å²) in [4.78, 5) is 11.0. The predicted octanol–water partition coefficient (Wildman–Crippen LogP) is 0.0365. The van der Waals surface area contributed by atoms with Crippen molar-refractivity contribution in [2.75, 3.05) is 20.2 Å². The van der Waals surface area contributed by atoms with Crippen molar-refractivity contribution in [1.29, 1.82) is 0 Å². The third kappa shape index (κ3) is 3.83. The lowest BCUT2D eigenvalue weighted by Gasteiger charge is -2.37. The number of nitrogens with two attached hydrogens (primary N) is 1. The molecule has 0 aliphatic rings. The molecule has 0 aromatic carbocycles. The monoisotopic (exact) mass is 267 g/mol. The van der Waals surface area contributed by atoms with Crippen molar-refractivity contribution in [2.24, 2.45) is 5.73 Å². The van der Waals surface area contributed by atoms with Crippen molar-refractivity contribution < 1.29 is 17.9 Å². The van der Waals surface area contributed by atoms with Crippen LogP contribution in [0, 0.1) is 0 Å². The van der Waals surface area contributed by atoms with Gasteiger partial charge in [-0.1, -0.05) is 13.8 Å². The summed E-state index contributed by atoms with van der Waals surface area (Å²) in [6.07, 6.45) is -0.474. The maximum Gasteiger partial charge on any atom is 0.421 e. The molecule has 17 heavy (non-hydrogen) atoms. The Kier molecular flexibility index (Phi) is 5.86. The van der Waals surface area contributed by atoms with E-state index in [0.717, 1.165) is 11.4 Å². The Morgan fingerprint density at radius 1 is 1.47 bits per heavy atom. The summed E-state index contributed by atoms with van der Waals surface area (Å²) in [5.74, 6) is 0. The molecule has 8 heteroatoms. The number of nitrogens with one attached hydrogen (secondary N) is 1. The van der Waals surface area contributed by atoms with E-state index >= 15 is 0 Å². The quantitative estimate of drug-likeness (QED) is 0.707. The number of rotatable bonds is 6. The first kappa shape index (κ1) is 16.1. The van der Waals surface area contributed by atoms with Gasteiger partial charge in [-0.25, -0.2) is 9.52 Å². The van der Waals surface area contributed by atoms with Crippen molar-refractivity contribution >= 4 is 16.3 Å². The van der Waals surface area contributed by atoms with Gasteiger partial charge in [-0.3, -0.25) is 0 Å². The summed E-state index contributed by atoms with van der Waals surface area (Å²) in [6, 6.07) is 0. The van der Waals surface area contributed by atoms with Crippen molar-refractivity contribution in [3.63, 3.8) is 0 Å². The second-order valence-corrected chi connectivity index (χ2v) is 5.41. The van der Waals surface area contributed by atoms with Crippen LogP contribution in [0.15, 0.2) is 0 Å². The first-order chi connectivity index (χ1) is 7.77. The molecule has 0 bridgehead atoms. The van der Waals surface area contributed by atoms with Crippen LogP contribution in [0.25, 0.3) is 0 Å². The van der Waals surface area contributed by atoms with E-state index in [1.807, 2.05) is 11.6 Å². The van der Waals surface area contributed by atoms with E-state index in [0.29, 0.717) is 6.42 Å². The van der Waals surface area contributed by atoms with Crippen LogP contribution in [-0.4, -0.2) is 44.6 Å². The molecule has 0 rings (SSSR count). The molecule has 1 atom stereocenters. The molecule has 0 aromatic rings. The van der Waals surface area contributed by atoms with Crippen LogP contribution in [0.3, 0.4) is 0 Å². The molecule has 7 nitrogen and oxygen atoms in total. The topological polar surface area (TPSA) is 102 Å². The van der Waals surface area contributed by atoms with Gasteiger partial charge in [-0.05, 0) is 13.3 Å². The van der Waals surface area contributed by atoms with Crippen molar-refractivity contribution in [3.05, 3.63) is 0 Å². The fourth-order valence-electron chi connectivity index (χ4n) is 1.47. The van der Waals surface area contributed by atoms with Crippen molar-refractivity contribution in [1.82, 2.24) is 9.03 Å².